The van der Waals surface area contributed by atoms with Crippen LogP contribution in [-0.2, 0) is 11.3 Å². The van der Waals surface area contributed by atoms with Crippen LogP contribution < -0.4 is 15.8 Å². The number of rotatable bonds is 6. The lowest BCUT2D eigenvalue weighted by Gasteiger charge is -2.14. The number of primary amides is 1. The fourth-order valence-electron chi connectivity index (χ4n) is 1.31. The van der Waals surface area contributed by atoms with E-state index in [0.29, 0.717) is 18.3 Å². The summed E-state index contributed by atoms with van der Waals surface area (Å²) in [5.74, 6) is 0.183. The second-order valence-corrected chi connectivity index (χ2v) is 4.87. The predicted octanol–water partition coefficient (Wildman–Crippen LogP) is 1.81. The highest BCUT2D eigenvalue weighted by molar-refractivity contribution is 9.10. The van der Waals surface area contributed by atoms with Gasteiger partial charge in [0, 0.05) is 18.2 Å². The van der Waals surface area contributed by atoms with Crippen molar-refractivity contribution < 1.29 is 9.53 Å². The summed E-state index contributed by atoms with van der Waals surface area (Å²) >= 11 is 3.40. The Kier molecular flexibility index (Phi) is 5.44. The maximum Gasteiger partial charge on any atom is 0.255 e. The SMILES string of the molecule is CC(C)NCc1cccc(Br)c1OCC(N)=O. The molecule has 3 N–H and O–H groups in total. The van der Waals surface area contributed by atoms with Crippen LogP contribution in [0.15, 0.2) is 22.7 Å². The van der Waals surface area contributed by atoms with E-state index in [4.69, 9.17) is 10.5 Å². The van der Waals surface area contributed by atoms with Gasteiger partial charge in [-0.2, -0.15) is 0 Å². The summed E-state index contributed by atoms with van der Waals surface area (Å²) in [7, 11) is 0. The molecule has 0 radical (unpaired) electrons. The minimum Gasteiger partial charge on any atom is -0.482 e. The normalized spacial score (nSPS) is 10.6. The maximum absolute atomic E-state index is 10.7. The molecule has 1 aromatic carbocycles. The summed E-state index contributed by atoms with van der Waals surface area (Å²) in [4.78, 5) is 10.7. The number of hydrogen-bond acceptors (Lipinski definition) is 3. The van der Waals surface area contributed by atoms with E-state index in [1.807, 2.05) is 18.2 Å². The standard InChI is InChI=1S/C12H17BrN2O2/c1-8(2)15-6-9-4-3-5-10(13)12(9)17-7-11(14)16/h3-5,8,15H,6-7H2,1-2H3,(H2,14,16). The third kappa shape index (κ3) is 4.75. The molecule has 0 atom stereocenters. The molecule has 0 saturated carbocycles. The number of halogens is 1. The van der Waals surface area contributed by atoms with Gasteiger partial charge < -0.3 is 15.8 Å². The van der Waals surface area contributed by atoms with Gasteiger partial charge in [-0.25, -0.2) is 0 Å². The number of nitrogens with two attached hydrogens (primary N) is 1. The summed E-state index contributed by atoms with van der Waals surface area (Å²) in [6.07, 6.45) is 0. The maximum atomic E-state index is 10.7. The number of para-hydroxylation sites is 1. The van der Waals surface area contributed by atoms with E-state index in [1.54, 1.807) is 0 Å². The average Bonchev–Trinajstić information content (AvgIpc) is 2.24. The lowest BCUT2D eigenvalue weighted by Crippen LogP contribution is -2.24. The number of carbonyl (C=O) groups excluding carboxylic acids is 1. The van der Waals surface area contributed by atoms with Gasteiger partial charge in [0.25, 0.3) is 5.91 Å². The predicted molar refractivity (Wildman–Crippen MR) is 70.8 cm³/mol. The van der Waals surface area contributed by atoms with Gasteiger partial charge in [-0.15, -0.1) is 0 Å². The van der Waals surface area contributed by atoms with E-state index in [1.165, 1.54) is 0 Å². The number of benzene rings is 1. The average molecular weight is 301 g/mol. The van der Waals surface area contributed by atoms with Crippen LogP contribution in [0.25, 0.3) is 0 Å². The van der Waals surface area contributed by atoms with Gasteiger partial charge in [-0.1, -0.05) is 26.0 Å². The van der Waals surface area contributed by atoms with Crippen molar-refractivity contribution >= 4 is 21.8 Å². The Labute approximate surface area is 110 Å². The van der Waals surface area contributed by atoms with Crippen molar-refractivity contribution in [3.63, 3.8) is 0 Å². The first-order valence-electron chi connectivity index (χ1n) is 5.42. The monoisotopic (exact) mass is 300 g/mol. The summed E-state index contributed by atoms with van der Waals surface area (Å²) in [5, 5.41) is 3.30. The highest BCUT2D eigenvalue weighted by atomic mass is 79.9. The van der Waals surface area contributed by atoms with Gasteiger partial charge in [0.1, 0.15) is 5.75 Å². The van der Waals surface area contributed by atoms with E-state index >= 15 is 0 Å². The van der Waals surface area contributed by atoms with E-state index in [9.17, 15) is 4.79 Å². The van der Waals surface area contributed by atoms with Gasteiger partial charge in [-0.3, -0.25) is 4.79 Å². The molecule has 0 unspecified atom stereocenters. The Balaban J connectivity index is 2.80. The van der Waals surface area contributed by atoms with Crippen molar-refractivity contribution in [1.82, 2.24) is 5.32 Å². The topological polar surface area (TPSA) is 64.3 Å². The molecule has 4 nitrogen and oxygen atoms in total. The molecule has 94 valence electrons. The highest BCUT2D eigenvalue weighted by Gasteiger charge is 2.09. The molecule has 0 fully saturated rings. The summed E-state index contributed by atoms with van der Waals surface area (Å²) in [6.45, 7) is 4.71. The van der Waals surface area contributed by atoms with Crippen LogP contribution in [0.2, 0.25) is 0 Å². The molecular formula is C12H17BrN2O2. The summed E-state index contributed by atoms with van der Waals surface area (Å²) < 4.78 is 6.22. The van der Waals surface area contributed by atoms with Crippen LogP contribution in [0.3, 0.4) is 0 Å². The molecule has 0 aliphatic heterocycles. The zero-order valence-electron chi connectivity index (χ0n) is 10.00. The first-order chi connectivity index (χ1) is 8.00. The highest BCUT2D eigenvalue weighted by Crippen LogP contribution is 2.29. The zero-order valence-corrected chi connectivity index (χ0v) is 11.6. The molecule has 0 bridgehead atoms. The van der Waals surface area contributed by atoms with Crippen LogP contribution in [0.4, 0.5) is 0 Å². The van der Waals surface area contributed by atoms with Crippen LogP contribution in [0, 0.1) is 0 Å². The van der Waals surface area contributed by atoms with Crippen LogP contribution in [0.5, 0.6) is 5.75 Å². The summed E-state index contributed by atoms with van der Waals surface area (Å²) in [6, 6.07) is 6.14. The van der Waals surface area contributed by atoms with Crippen molar-refractivity contribution in [1.29, 1.82) is 0 Å². The van der Waals surface area contributed by atoms with E-state index in [-0.39, 0.29) is 6.61 Å². The zero-order chi connectivity index (χ0) is 12.8. The number of hydrogen-bond donors (Lipinski definition) is 2. The third-order valence-corrected chi connectivity index (χ3v) is 2.73. The molecule has 0 spiro atoms. The van der Waals surface area contributed by atoms with E-state index < -0.39 is 5.91 Å². The van der Waals surface area contributed by atoms with Crippen molar-refractivity contribution in [2.24, 2.45) is 5.73 Å². The Morgan fingerprint density at radius 2 is 2.24 bits per heavy atom. The smallest absolute Gasteiger partial charge is 0.255 e. The Morgan fingerprint density at radius 1 is 1.53 bits per heavy atom. The minimum atomic E-state index is -0.483. The number of ether oxygens (including phenoxy) is 1. The third-order valence-electron chi connectivity index (χ3n) is 2.11. The Bertz CT molecular complexity index is 394. The lowest BCUT2D eigenvalue weighted by molar-refractivity contribution is -0.119. The number of carbonyl (C=O) groups is 1. The van der Waals surface area contributed by atoms with E-state index in [2.05, 4.69) is 35.1 Å². The van der Waals surface area contributed by atoms with Crippen LogP contribution >= 0.6 is 15.9 Å². The minimum absolute atomic E-state index is 0.114. The molecule has 1 amide bonds. The van der Waals surface area contributed by atoms with E-state index in [0.717, 1.165) is 10.0 Å². The molecule has 0 heterocycles. The first-order valence-corrected chi connectivity index (χ1v) is 6.22. The van der Waals surface area contributed by atoms with Gasteiger partial charge >= 0.3 is 0 Å². The van der Waals surface area contributed by atoms with Gasteiger partial charge in [0.15, 0.2) is 6.61 Å². The largest absolute Gasteiger partial charge is 0.482 e. The van der Waals surface area contributed by atoms with Crippen molar-refractivity contribution in [2.45, 2.75) is 26.4 Å². The number of nitrogens with one attached hydrogen (secondary N) is 1. The Hall–Kier alpha value is -1.07. The molecule has 0 aromatic heterocycles. The quantitative estimate of drug-likeness (QED) is 0.842. The summed E-state index contributed by atoms with van der Waals surface area (Å²) in [5.41, 5.74) is 6.06. The molecule has 0 aliphatic carbocycles. The molecular weight excluding hydrogens is 284 g/mol. The van der Waals surface area contributed by atoms with Crippen molar-refractivity contribution in [3.05, 3.63) is 28.2 Å². The fourth-order valence-corrected chi connectivity index (χ4v) is 1.83. The molecule has 17 heavy (non-hydrogen) atoms. The van der Waals surface area contributed by atoms with Crippen molar-refractivity contribution in [3.8, 4) is 5.75 Å². The second kappa shape index (κ2) is 6.61. The Morgan fingerprint density at radius 3 is 2.82 bits per heavy atom. The molecule has 1 aromatic rings. The molecule has 1 rings (SSSR count). The van der Waals surface area contributed by atoms with Crippen LogP contribution in [0.1, 0.15) is 19.4 Å². The fraction of sp³-hybridized carbons (Fsp3) is 0.417. The number of amides is 1. The molecule has 0 saturated heterocycles. The first kappa shape index (κ1) is 14.0. The molecule has 5 heteroatoms. The molecule has 0 aliphatic rings. The van der Waals surface area contributed by atoms with Gasteiger partial charge in [0.2, 0.25) is 0 Å². The lowest BCUT2D eigenvalue weighted by atomic mass is 10.2. The van der Waals surface area contributed by atoms with Crippen molar-refractivity contribution in [2.75, 3.05) is 6.61 Å². The van der Waals surface area contributed by atoms with Gasteiger partial charge in [-0.05, 0) is 22.0 Å². The van der Waals surface area contributed by atoms with Gasteiger partial charge in [0.05, 0.1) is 4.47 Å². The van der Waals surface area contributed by atoms with Crippen LogP contribution in [-0.4, -0.2) is 18.6 Å². The second-order valence-electron chi connectivity index (χ2n) is 4.02.